The highest BCUT2D eigenvalue weighted by atomic mass is 32.2. The molecule has 0 atom stereocenters. The Morgan fingerprint density at radius 1 is 1.30 bits per heavy atom. The predicted octanol–water partition coefficient (Wildman–Crippen LogP) is 0.0793. The summed E-state index contributed by atoms with van der Waals surface area (Å²) in [7, 11) is -3.10. The number of amides is 1. The van der Waals surface area contributed by atoms with Crippen LogP contribution >= 0.6 is 0 Å². The molecule has 1 saturated carbocycles. The largest absolute Gasteiger partial charge is 0.380 e. The Labute approximate surface area is 120 Å². The molecule has 1 heterocycles. The van der Waals surface area contributed by atoms with Crippen LogP contribution in [0.3, 0.4) is 0 Å². The molecular weight excluding hydrogens is 280 g/mol. The lowest BCUT2D eigenvalue weighted by Gasteiger charge is -2.31. The van der Waals surface area contributed by atoms with Gasteiger partial charge >= 0.3 is 0 Å². The van der Waals surface area contributed by atoms with Crippen molar-refractivity contribution < 1.29 is 18.3 Å². The van der Waals surface area contributed by atoms with E-state index in [0.29, 0.717) is 38.4 Å². The highest BCUT2D eigenvalue weighted by Gasteiger charge is 2.38. The summed E-state index contributed by atoms with van der Waals surface area (Å²) in [5.74, 6) is 0.0301. The fourth-order valence-electron chi connectivity index (χ4n) is 3.03. The molecule has 1 aliphatic heterocycles. The topological polar surface area (TPSA) is 86.7 Å². The van der Waals surface area contributed by atoms with Crippen LogP contribution in [0.2, 0.25) is 0 Å². The third-order valence-corrected chi connectivity index (χ3v) is 5.75. The second-order valence-corrected chi connectivity index (χ2v) is 8.04. The number of carbonyl (C=O) groups excluding carboxylic acids is 1. The summed E-state index contributed by atoms with van der Waals surface area (Å²) in [5.41, 5.74) is -1.17. The van der Waals surface area contributed by atoms with Crippen molar-refractivity contribution in [3.63, 3.8) is 0 Å². The van der Waals surface area contributed by atoms with E-state index in [4.69, 9.17) is 0 Å². The number of nitrogens with one attached hydrogen (secondary N) is 1. The standard InChI is InChI=1S/C13H24N2O4S/c1-20(18,19)15-8-4-11(5-9-15)10-14-12(16)13(17)6-2-3-7-13/h11,17H,2-10H2,1H3,(H,14,16). The third kappa shape index (κ3) is 3.71. The molecule has 6 nitrogen and oxygen atoms in total. The summed E-state index contributed by atoms with van der Waals surface area (Å²) in [4.78, 5) is 12.0. The van der Waals surface area contributed by atoms with Gasteiger partial charge in [-0.3, -0.25) is 4.79 Å². The number of nitrogens with zero attached hydrogens (tertiary/aromatic N) is 1. The maximum absolute atomic E-state index is 12.0. The minimum absolute atomic E-state index is 0.263. The van der Waals surface area contributed by atoms with E-state index in [0.717, 1.165) is 25.7 Å². The van der Waals surface area contributed by atoms with Gasteiger partial charge in [-0.2, -0.15) is 0 Å². The van der Waals surface area contributed by atoms with Crippen molar-refractivity contribution in [2.75, 3.05) is 25.9 Å². The first kappa shape index (κ1) is 15.7. The molecule has 1 amide bonds. The van der Waals surface area contributed by atoms with Crippen molar-refractivity contribution in [2.45, 2.75) is 44.1 Å². The van der Waals surface area contributed by atoms with Crippen LogP contribution in [-0.2, 0) is 14.8 Å². The van der Waals surface area contributed by atoms with Gasteiger partial charge in [-0.1, -0.05) is 0 Å². The van der Waals surface area contributed by atoms with Gasteiger partial charge in [0.2, 0.25) is 10.0 Å². The molecule has 0 bridgehead atoms. The van der Waals surface area contributed by atoms with Gasteiger partial charge in [0.1, 0.15) is 5.60 Å². The summed E-state index contributed by atoms with van der Waals surface area (Å²) < 4.78 is 24.3. The fourth-order valence-corrected chi connectivity index (χ4v) is 3.91. The Balaban J connectivity index is 1.75. The van der Waals surface area contributed by atoms with Crippen LogP contribution in [-0.4, -0.2) is 55.2 Å². The van der Waals surface area contributed by atoms with Crippen molar-refractivity contribution in [2.24, 2.45) is 5.92 Å². The number of hydrogen-bond acceptors (Lipinski definition) is 4. The van der Waals surface area contributed by atoms with E-state index in [1.807, 2.05) is 0 Å². The average molecular weight is 304 g/mol. The van der Waals surface area contributed by atoms with E-state index in [-0.39, 0.29) is 5.91 Å². The third-order valence-electron chi connectivity index (χ3n) is 4.45. The lowest BCUT2D eigenvalue weighted by Crippen LogP contribution is -2.47. The number of hydrogen-bond donors (Lipinski definition) is 2. The van der Waals surface area contributed by atoms with E-state index in [2.05, 4.69) is 5.32 Å². The van der Waals surface area contributed by atoms with E-state index in [9.17, 15) is 18.3 Å². The molecule has 0 unspecified atom stereocenters. The number of sulfonamides is 1. The summed E-state index contributed by atoms with van der Waals surface area (Å²) in [6, 6.07) is 0. The zero-order valence-corrected chi connectivity index (χ0v) is 12.8. The minimum atomic E-state index is -3.10. The summed E-state index contributed by atoms with van der Waals surface area (Å²) in [6.45, 7) is 1.56. The first-order valence-electron chi connectivity index (χ1n) is 7.27. The average Bonchev–Trinajstić information content (AvgIpc) is 2.84. The minimum Gasteiger partial charge on any atom is -0.380 e. The van der Waals surface area contributed by atoms with Gasteiger partial charge in [0.05, 0.1) is 6.26 Å². The molecule has 2 N–H and O–H groups in total. The van der Waals surface area contributed by atoms with Gasteiger partial charge in [0.25, 0.3) is 5.91 Å². The monoisotopic (exact) mass is 304 g/mol. The first-order valence-corrected chi connectivity index (χ1v) is 9.12. The van der Waals surface area contributed by atoms with Gasteiger partial charge in [0.15, 0.2) is 0 Å². The highest BCUT2D eigenvalue weighted by Crippen LogP contribution is 2.29. The normalized spacial score (nSPS) is 24.7. The summed E-state index contributed by atoms with van der Waals surface area (Å²) in [6.07, 6.45) is 5.63. The van der Waals surface area contributed by atoms with Crippen LogP contribution in [0.25, 0.3) is 0 Å². The van der Waals surface area contributed by atoms with E-state index >= 15 is 0 Å². The van der Waals surface area contributed by atoms with Crippen molar-refractivity contribution in [3.05, 3.63) is 0 Å². The predicted molar refractivity (Wildman–Crippen MR) is 75.6 cm³/mol. The molecule has 0 aromatic heterocycles. The Morgan fingerprint density at radius 2 is 1.85 bits per heavy atom. The molecule has 7 heteroatoms. The Bertz CT molecular complexity index is 449. The molecule has 1 aliphatic carbocycles. The van der Waals surface area contributed by atoms with Crippen LogP contribution in [0.5, 0.6) is 0 Å². The molecule has 1 saturated heterocycles. The maximum atomic E-state index is 12.0. The van der Waals surface area contributed by atoms with Gasteiger partial charge in [-0.15, -0.1) is 0 Å². The molecule has 0 radical (unpaired) electrons. The molecule has 0 aromatic carbocycles. The molecule has 2 rings (SSSR count). The van der Waals surface area contributed by atoms with Crippen LogP contribution < -0.4 is 5.32 Å². The van der Waals surface area contributed by atoms with Crippen molar-refractivity contribution in [3.8, 4) is 0 Å². The van der Waals surface area contributed by atoms with E-state index in [1.54, 1.807) is 0 Å². The zero-order chi connectivity index (χ0) is 14.8. The second-order valence-electron chi connectivity index (χ2n) is 6.05. The molecule has 20 heavy (non-hydrogen) atoms. The molecule has 2 aliphatic rings. The summed E-state index contributed by atoms with van der Waals surface area (Å²) in [5, 5.41) is 13.0. The van der Waals surface area contributed by atoms with Crippen molar-refractivity contribution >= 4 is 15.9 Å². The highest BCUT2D eigenvalue weighted by molar-refractivity contribution is 7.88. The lowest BCUT2D eigenvalue weighted by atomic mass is 9.96. The summed E-state index contributed by atoms with van der Waals surface area (Å²) >= 11 is 0. The Hall–Kier alpha value is -0.660. The molecule has 0 spiro atoms. The zero-order valence-electron chi connectivity index (χ0n) is 12.0. The van der Waals surface area contributed by atoms with E-state index in [1.165, 1.54) is 10.6 Å². The Kier molecular flexibility index (Phi) is 4.71. The Morgan fingerprint density at radius 3 is 2.35 bits per heavy atom. The smallest absolute Gasteiger partial charge is 0.251 e. The van der Waals surface area contributed by atoms with Gasteiger partial charge in [0, 0.05) is 19.6 Å². The SMILES string of the molecule is CS(=O)(=O)N1CCC(CNC(=O)C2(O)CCCC2)CC1. The number of piperidine rings is 1. The lowest BCUT2D eigenvalue weighted by molar-refractivity contribution is -0.139. The number of rotatable bonds is 4. The number of aliphatic hydroxyl groups is 1. The van der Waals surface area contributed by atoms with Gasteiger partial charge in [-0.25, -0.2) is 12.7 Å². The van der Waals surface area contributed by atoms with Crippen LogP contribution in [0.15, 0.2) is 0 Å². The molecule has 0 aromatic rings. The maximum Gasteiger partial charge on any atom is 0.251 e. The van der Waals surface area contributed by atoms with E-state index < -0.39 is 15.6 Å². The van der Waals surface area contributed by atoms with Gasteiger partial charge in [-0.05, 0) is 44.4 Å². The molecular formula is C13H24N2O4S. The van der Waals surface area contributed by atoms with Crippen molar-refractivity contribution in [1.29, 1.82) is 0 Å². The van der Waals surface area contributed by atoms with Crippen LogP contribution in [0.1, 0.15) is 38.5 Å². The first-order chi connectivity index (χ1) is 9.31. The molecule has 116 valence electrons. The second kappa shape index (κ2) is 5.99. The number of carbonyl (C=O) groups is 1. The quantitative estimate of drug-likeness (QED) is 0.770. The van der Waals surface area contributed by atoms with Gasteiger partial charge < -0.3 is 10.4 Å². The van der Waals surface area contributed by atoms with Crippen LogP contribution in [0, 0.1) is 5.92 Å². The molecule has 2 fully saturated rings. The fraction of sp³-hybridized carbons (Fsp3) is 0.923. The van der Waals surface area contributed by atoms with Crippen molar-refractivity contribution in [1.82, 2.24) is 9.62 Å². The van der Waals surface area contributed by atoms with Crippen LogP contribution in [0.4, 0.5) is 0 Å².